The number of halogens is 1. The van der Waals surface area contributed by atoms with E-state index in [1.165, 1.54) is 21.9 Å². The minimum absolute atomic E-state index is 0.550. The van der Waals surface area contributed by atoms with Gasteiger partial charge in [0.25, 0.3) is 0 Å². The second kappa shape index (κ2) is 7.78. The van der Waals surface area contributed by atoms with Crippen LogP contribution in [0.5, 0.6) is 0 Å². The lowest BCUT2D eigenvalue weighted by atomic mass is 10.1. The molecule has 0 saturated heterocycles. The second-order valence-corrected chi connectivity index (χ2v) is 7.62. The average molecular weight is 409 g/mol. The van der Waals surface area contributed by atoms with Gasteiger partial charge in [0.15, 0.2) is 5.11 Å². The first-order chi connectivity index (χ1) is 13.5. The molecule has 2 N–H and O–H groups in total. The van der Waals surface area contributed by atoms with E-state index in [0.29, 0.717) is 16.7 Å². The highest BCUT2D eigenvalue weighted by Crippen LogP contribution is 2.30. The van der Waals surface area contributed by atoms with Crippen LogP contribution in [0.15, 0.2) is 54.6 Å². The van der Waals surface area contributed by atoms with Crippen molar-refractivity contribution in [2.45, 2.75) is 20.4 Å². The van der Waals surface area contributed by atoms with Gasteiger partial charge in [-0.3, -0.25) is 0 Å². The Morgan fingerprint density at radius 3 is 2.68 bits per heavy atom. The van der Waals surface area contributed by atoms with Gasteiger partial charge in [-0.25, -0.2) is 4.98 Å². The highest BCUT2D eigenvalue weighted by atomic mass is 35.5. The quantitative estimate of drug-likeness (QED) is 0.441. The summed E-state index contributed by atoms with van der Waals surface area (Å²) in [4.78, 5) is 4.82. The zero-order valence-corrected chi connectivity index (χ0v) is 17.4. The molecule has 0 radical (unpaired) electrons. The molecule has 28 heavy (non-hydrogen) atoms. The Balaban J connectivity index is 1.56. The first kappa shape index (κ1) is 18.7. The first-order valence-electron chi connectivity index (χ1n) is 9.19. The van der Waals surface area contributed by atoms with Gasteiger partial charge in [-0.15, -0.1) is 0 Å². The van der Waals surface area contributed by atoms with E-state index in [-0.39, 0.29) is 0 Å². The van der Waals surface area contributed by atoms with Gasteiger partial charge in [-0.05, 0) is 55.9 Å². The summed E-state index contributed by atoms with van der Waals surface area (Å²) < 4.78 is 2.26. The average Bonchev–Trinajstić information content (AvgIpc) is 2.97. The topological polar surface area (TPSA) is 41.9 Å². The van der Waals surface area contributed by atoms with E-state index >= 15 is 0 Å². The van der Waals surface area contributed by atoms with Crippen LogP contribution in [0.4, 0.5) is 5.69 Å². The smallest absolute Gasteiger partial charge is 0.170 e. The molecule has 0 fully saturated rings. The first-order valence-corrected chi connectivity index (χ1v) is 9.98. The molecule has 0 spiro atoms. The van der Waals surface area contributed by atoms with Crippen molar-refractivity contribution in [3.05, 3.63) is 70.9 Å². The highest BCUT2D eigenvalue weighted by Gasteiger charge is 2.14. The van der Waals surface area contributed by atoms with Crippen molar-refractivity contribution < 1.29 is 0 Å². The Hall–Kier alpha value is -2.63. The minimum Gasteiger partial charge on any atom is -0.361 e. The number of para-hydroxylation sites is 2. The van der Waals surface area contributed by atoms with Gasteiger partial charge in [0.2, 0.25) is 0 Å². The van der Waals surface area contributed by atoms with E-state index < -0.39 is 0 Å². The van der Waals surface area contributed by atoms with Crippen LogP contribution in [0.2, 0.25) is 5.02 Å². The number of aryl methyl sites for hydroxylation is 2. The monoisotopic (exact) mass is 408 g/mol. The molecule has 0 atom stereocenters. The molecule has 2 aromatic heterocycles. The third kappa shape index (κ3) is 3.55. The van der Waals surface area contributed by atoms with E-state index in [9.17, 15) is 0 Å². The van der Waals surface area contributed by atoms with Crippen LogP contribution in [-0.4, -0.2) is 21.2 Å². The molecule has 0 aliphatic heterocycles. The molecule has 0 aliphatic carbocycles. The number of thiocarbonyl (C=S) groups is 1. The van der Waals surface area contributed by atoms with Gasteiger partial charge in [-0.1, -0.05) is 41.9 Å². The lowest BCUT2D eigenvalue weighted by Crippen LogP contribution is -2.31. The Morgan fingerprint density at radius 1 is 1.11 bits per heavy atom. The summed E-state index contributed by atoms with van der Waals surface area (Å²) in [6.07, 6.45) is 0. The highest BCUT2D eigenvalue weighted by molar-refractivity contribution is 7.80. The number of rotatable bonds is 4. The van der Waals surface area contributed by atoms with Crippen molar-refractivity contribution in [1.29, 1.82) is 0 Å². The molecule has 2 aromatic carbocycles. The van der Waals surface area contributed by atoms with Crippen LogP contribution < -0.4 is 10.6 Å². The summed E-state index contributed by atoms with van der Waals surface area (Å²) in [5.74, 6) is 0. The number of pyridine rings is 1. The number of aromatic nitrogens is 2. The number of fused-ring (bicyclic) bond motifs is 3. The molecule has 2 heterocycles. The molecular weight excluding hydrogens is 388 g/mol. The lowest BCUT2D eigenvalue weighted by molar-refractivity contribution is 0.710. The summed E-state index contributed by atoms with van der Waals surface area (Å²) >= 11 is 11.6. The van der Waals surface area contributed by atoms with Crippen LogP contribution in [0.1, 0.15) is 11.3 Å². The third-order valence-electron chi connectivity index (χ3n) is 4.79. The summed E-state index contributed by atoms with van der Waals surface area (Å²) in [5, 5.41) is 10.1. The third-order valence-corrected chi connectivity index (χ3v) is 5.36. The zero-order valence-electron chi connectivity index (χ0n) is 15.8. The molecule has 0 unspecified atom stereocenters. The molecule has 4 rings (SSSR count). The van der Waals surface area contributed by atoms with Gasteiger partial charge in [0.05, 0.1) is 16.2 Å². The molecule has 0 amide bonds. The molecule has 6 heteroatoms. The number of hydrogen-bond donors (Lipinski definition) is 2. The maximum Gasteiger partial charge on any atom is 0.170 e. The number of hydrogen-bond acceptors (Lipinski definition) is 2. The fraction of sp³-hybridized carbons (Fsp3) is 0.182. The molecule has 4 nitrogen and oxygen atoms in total. The molecule has 0 bridgehead atoms. The maximum absolute atomic E-state index is 6.18. The maximum atomic E-state index is 6.18. The summed E-state index contributed by atoms with van der Waals surface area (Å²) in [6.45, 7) is 5.62. The van der Waals surface area contributed by atoms with E-state index in [1.54, 1.807) is 0 Å². The van der Waals surface area contributed by atoms with Crippen LogP contribution in [0.25, 0.3) is 21.9 Å². The normalized spacial score (nSPS) is 11.1. The number of nitrogens with one attached hydrogen (secondary N) is 2. The Morgan fingerprint density at radius 2 is 1.86 bits per heavy atom. The van der Waals surface area contributed by atoms with Gasteiger partial charge < -0.3 is 15.2 Å². The number of nitrogens with zero attached hydrogens (tertiary/aromatic N) is 2. The molecular formula is C22H21ClN4S. The van der Waals surface area contributed by atoms with E-state index in [4.69, 9.17) is 28.8 Å². The summed E-state index contributed by atoms with van der Waals surface area (Å²) in [5.41, 5.74) is 5.28. The predicted octanol–water partition coefficient (Wildman–Crippen LogP) is 5.45. The van der Waals surface area contributed by atoms with Crippen molar-refractivity contribution in [3.8, 4) is 0 Å². The summed E-state index contributed by atoms with van der Waals surface area (Å²) in [6, 6.07) is 18.1. The van der Waals surface area contributed by atoms with Crippen LogP contribution >= 0.6 is 23.8 Å². The second-order valence-electron chi connectivity index (χ2n) is 6.81. The van der Waals surface area contributed by atoms with Gasteiger partial charge in [-0.2, -0.15) is 0 Å². The lowest BCUT2D eigenvalue weighted by Gasteiger charge is -2.13. The SMILES string of the molecule is Cc1cc(C)c2c3ccccc3n(CCNC(=S)Nc3ccccc3Cl)c2n1. The largest absolute Gasteiger partial charge is 0.361 e. The fourth-order valence-corrected chi connectivity index (χ4v) is 4.01. The van der Waals surface area contributed by atoms with Crippen LogP contribution in [-0.2, 0) is 6.54 Å². The van der Waals surface area contributed by atoms with Crippen LogP contribution in [0, 0.1) is 13.8 Å². The minimum atomic E-state index is 0.550. The predicted molar refractivity (Wildman–Crippen MR) is 122 cm³/mol. The zero-order chi connectivity index (χ0) is 19.7. The summed E-state index contributed by atoms with van der Waals surface area (Å²) in [7, 11) is 0. The van der Waals surface area contributed by atoms with Gasteiger partial charge in [0, 0.05) is 29.6 Å². The standard InChI is InChI=1S/C22H21ClN4S/c1-14-13-15(2)25-21-20(14)16-7-3-6-10-19(16)27(21)12-11-24-22(28)26-18-9-5-4-8-17(18)23/h3-10,13H,11-12H2,1-2H3,(H2,24,26,28). The van der Waals surface area contributed by atoms with Crippen LogP contribution in [0.3, 0.4) is 0 Å². The van der Waals surface area contributed by atoms with Gasteiger partial charge in [0.1, 0.15) is 5.65 Å². The van der Waals surface area contributed by atoms with Crippen molar-refractivity contribution in [1.82, 2.24) is 14.9 Å². The van der Waals surface area contributed by atoms with Crippen molar-refractivity contribution in [3.63, 3.8) is 0 Å². The van der Waals surface area contributed by atoms with Crippen molar-refractivity contribution in [2.24, 2.45) is 0 Å². The fourth-order valence-electron chi connectivity index (χ4n) is 3.62. The molecule has 0 aliphatic rings. The van der Waals surface area contributed by atoms with Crippen molar-refractivity contribution >= 4 is 56.6 Å². The number of benzene rings is 2. The molecule has 142 valence electrons. The van der Waals surface area contributed by atoms with E-state index in [0.717, 1.165) is 23.6 Å². The molecule has 4 aromatic rings. The van der Waals surface area contributed by atoms with E-state index in [1.807, 2.05) is 31.2 Å². The Labute approximate surface area is 174 Å². The molecule has 0 saturated carbocycles. The Kier molecular flexibility index (Phi) is 5.20. The number of anilines is 1. The van der Waals surface area contributed by atoms with Crippen molar-refractivity contribution in [2.75, 3.05) is 11.9 Å². The Bertz CT molecular complexity index is 1180. The van der Waals surface area contributed by atoms with E-state index in [2.05, 4.69) is 52.5 Å². The van der Waals surface area contributed by atoms with Gasteiger partial charge >= 0.3 is 0 Å².